The molecule has 1 fully saturated rings. The first kappa shape index (κ1) is 20.9. The number of hydrogen-bond acceptors (Lipinski definition) is 3. The topological polar surface area (TPSA) is 55.4 Å². The highest BCUT2D eigenvalue weighted by molar-refractivity contribution is 5.95. The van der Waals surface area contributed by atoms with Gasteiger partial charge < -0.3 is 9.30 Å². The first-order chi connectivity index (χ1) is 16.3. The van der Waals surface area contributed by atoms with Crippen molar-refractivity contribution in [1.82, 2.24) is 24.1 Å². The molecule has 1 amide bonds. The molecule has 0 spiro atoms. The Morgan fingerprint density at radius 1 is 1.12 bits per heavy atom. The van der Waals surface area contributed by atoms with Crippen molar-refractivity contribution in [3.8, 4) is 11.3 Å². The molecule has 2 aliphatic heterocycles. The number of nitrogens with zero attached hydrogens (tertiary/aromatic N) is 5. The Balaban J connectivity index is 1.43. The van der Waals surface area contributed by atoms with Gasteiger partial charge >= 0.3 is 0 Å². The molecule has 1 saturated heterocycles. The summed E-state index contributed by atoms with van der Waals surface area (Å²) in [7, 11) is 1.71. The van der Waals surface area contributed by atoms with Crippen molar-refractivity contribution in [2.24, 2.45) is 7.05 Å². The molecule has 34 heavy (non-hydrogen) atoms. The van der Waals surface area contributed by atoms with Crippen LogP contribution in [0.4, 0.5) is 13.2 Å². The Hall–Kier alpha value is -3.62. The zero-order valence-corrected chi connectivity index (χ0v) is 18.7. The van der Waals surface area contributed by atoms with Crippen LogP contribution in [0.2, 0.25) is 0 Å². The monoisotopic (exact) mass is 465 g/mol. The number of carbonyl (C=O) groups is 1. The number of halogens is 3. The van der Waals surface area contributed by atoms with Gasteiger partial charge in [-0.15, -0.1) is 0 Å². The van der Waals surface area contributed by atoms with Crippen LogP contribution in [0.15, 0.2) is 36.7 Å². The van der Waals surface area contributed by atoms with E-state index in [2.05, 4.69) is 10.1 Å². The molecule has 0 saturated carbocycles. The highest BCUT2D eigenvalue weighted by atomic mass is 19.2. The van der Waals surface area contributed by atoms with Crippen LogP contribution in [0.25, 0.3) is 16.8 Å². The number of hydrogen-bond donors (Lipinski definition) is 0. The van der Waals surface area contributed by atoms with Crippen LogP contribution < -0.4 is 0 Å². The van der Waals surface area contributed by atoms with Crippen LogP contribution in [0, 0.1) is 24.4 Å². The first-order valence-corrected chi connectivity index (χ1v) is 11.3. The van der Waals surface area contributed by atoms with E-state index in [-0.39, 0.29) is 23.6 Å². The van der Waals surface area contributed by atoms with E-state index < -0.39 is 17.5 Å². The summed E-state index contributed by atoms with van der Waals surface area (Å²) in [5.74, 6) is -3.22. The molecule has 6 nitrogen and oxygen atoms in total. The summed E-state index contributed by atoms with van der Waals surface area (Å²) in [6.45, 7) is 1.89. The minimum atomic E-state index is -1.49. The number of carbonyl (C=O) groups excluding carboxylic acids is 1. The number of aromatic nitrogens is 4. The van der Waals surface area contributed by atoms with Crippen molar-refractivity contribution in [3.63, 3.8) is 0 Å². The van der Waals surface area contributed by atoms with E-state index >= 15 is 0 Å². The molecule has 4 aromatic rings. The molecular formula is C25H22F3N5O. The van der Waals surface area contributed by atoms with Gasteiger partial charge in [-0.25, -0.2) is 18.2 Å². The summed E-state index contributed by atoms with van der Waals surface area (Å²) in [4.78, 5) is 19.9. The Morgan fingerprint density at radius 3 is 2.65 bits per heavy atom. The Morgan fingerprint density at radius 2 is 1.88 bits per heavy atom. The maximum Gasteiger partial charge on any atom is 0.256 e. The summed E-state index contributed by atoms with van der Waals surface area (Å²) in [5.41, 5.74) is 3.91. The van der Waals surface area contributed by atoms with E-state index in [0.717, 1.165) is 54.0 Å². The molecule has 174 valence electrons. The third-order valence-electron chi connectivity index (χ3n) is 7.13. The zero-order valence-electron chi connectivity index (χ0n) is 18.7. The van der Waals surface area contributed by atoms with E-state index in [9.17, 15) is 18.0 Å². The van der Waals surface area contributed by atoms with Crippen molar-refractivity contribution >= 4 is 11.4 Å². The highest BCUT2D eigenvalue weighted by Gasteiger charge is 2.43. The Kier molecular flexibility index (Phi) is 4.59. The Labute approximate surface area is 193 Å². The molecule has 5 heterocycles. The highest BCUT2D eigenvalue weighted by Crippen LogP contribution is 2.45. The second-order valence-corrected chi connectivity index (χ2v) is 9.13. The molecule has 0 radical (unpaired) electrons. The van der Waals surface area contributed by atoms with Crippen molar-refractivity contribution in [2.75, 3.05) is 0 Å². The molecule has 3 aromatic heterocycles. The summed E-state index contributed by atoms with van der Waals surface area (Å²) in [5, 5.41) is 4.68. The van der Waals surface area contributed by atoms with Gasteiger partial charge in [0.2, 0.25) is 0 Å². The van der Waals surface area contributed by atoms with Crippen LogP contribution in [0.3, 0.4) is 0 Å². The average Bonchev–Trinajstić information content (AvgIpc) is 3.35. The molecule has 0 aliphatic carbocycles. The lowest BCUT2D eigenvalue weighted by Gasteiger charge is -2.45. The number of piperidine rings is 1. The summed E-state index contributed by atoms with van der Waals surface area (Å²) >= 11 is 0. The van der Waals surface area contributed by atoms with Crippen molar-refractivity contribution in [3.05, 3.63) is 76.8 Å². The van der Waals surface area contributed by atoms with Gasteiger partial charge in [-0.1, -0.05) is 0 Å². The van der Waals surface area contributed by atoms with Gasteiger partial charge in [0.05, 0.1) is 34.7 Å². The van der Waals surface area contributed by atoms with Crippen LogP contribution in [-0.4, -0.2) is 36.0 Å². The molecule has 9 heteroatoms. The normalized spacial score (nSPS) is 19.5. The van der Waals surface area contributed by atoms with E-state index in [0.29, 0.717) is 17.7 Å². The smallest absolute Gasteiger partial charge is 0.256 e. The molecule has 2 atom stereocenters. The maximum atomic E-state index is 14.0. The predicted octanol–water partition coefficient (Wildman–Crippen LogP) is 4.75. The van der Waals surface area contributed by atoms with Gasteiger partial charge in [-0.05, 0) is 56.9 Å². The minimum Gasteiger partial charge on any atom is -0.327 e. The van der Waals surface area contributed by atoms with Gasteiger partial charge in [-0.2, -0.15) is 5.10 Å². The van der Waals surface area contributed by atoms with E-state index in [1.807, 2.05) is 34.6 Å². The second kappa shape index (κ2) is 7.44. The van der Waals surface area contributed by atoms with E-state index in [4.69, 9.17) is 0 Å². The lowest BCUT2D eigenvalue weighted by atomic mass is 9.81. The lowest BCUT2D eigenvalue weighted by molar-refractivity contribution is 0.0391. The minimum absolute atomic E-state index is 0.0589. The number of aryl methyl sites for hydroxylation is 2. The first-order valence-electron chi connectivity index (χ1n) is 11.3. The molecule has 2 aliphatic rings. The van der Waals surface area contributed by atoms with Crippen LogP contribution in [0.5, 0.6) is 0 Å². The van der Waals surface area contributed by atoms with Crippen LogP contribution in [0.1, 0.15) is 52.7 Å². The number of rotatable bonds is 2. The van der Waals surface area contributed by atoms with Crippen LogP contribution >= 0.6 is 0 Å². The van der Waals surface area contributed by atoms with Gasteiger partial charge in [0, 0.05) is 30.4 Å². The number of amides is 1. The average molecular weight is 465 g/mol. The summed E-state index contributed by atoms with van der Waals surface area (Å²) < 4.78 is 45.0. The fourth-order valence-corrected chi connectivity index (χ4v) is 5.60. The van der Waals surface area contributed by atoms with Crippen LogP contribution in [-0.2, 0) is 13.5 Å². The Bertz CT molecular complexity index is 1450. The predicted molar refractivity (Wildman–Crippen MR) is 119 cm³/mol. The summed E-state index contributed by atoms with van der Waals surface area (Å²) in [6.07, 6.45) is 6.65. The zero-order chi connectivity index (χ0) is 23.7. The molecule has 0 N–H and O–H groups in total. The quantitative estimate of drug-likeness (QED) is 0.402. The second-order valence-electron chi connectivity index (χ2n) is 9.13. The van der Waals surface area contributed by atoms with Crippen molar-refractivity contribution in [1.29, 1.82) is 0 Å². The summed E-state index contributed by atoms with van der Waals surface area (Å²) in [6, 6.07) is 5.42. The number of benzene rings is 1. The SMILES string of the molecule is Cc1ncc2ccc(C(=O)N3[C@@H]4CCC[C@H]3c3nn(C)c(-c5cc(F)c(F)c(F)c5)c3C4)cn12. The standard InChI is InChI=1S/C25H22F3N5O/c1-13-29-11-17-7-6-14(12-32(13)17)25(34)33-16-4-3-5-21(33)23-18(10-16)24(31(2)30-23)15-8-19(26)22(28)20(27)9-15/h6-9,11-12,16,21H,3-5,10H2,1-2H3/t16-,21+/m1/s1. The van der Waals surface area contributed by atoms with E-state index in [1.54, 1.807) is 17.9 Å². The van der Waals surface area contributed by atoms with Gasteiger partial charge in [0.1, 0.15) is 5.82 Å². The van der Waals surface area contributed by atoms with Crippen molar-refractivity contribution in [2.45, 2.75) is 44.7 Å². The molecule has 6 rings (SSSR count). The van der Waals surface area contributed by atoms with Gasteiger partial charge in [-0.3, -0.25) is 9.48 Å². The molecule has 2 bridgehead atoms. The lowest BCUT2D eigenvalue weighted by Crippen LogP contribution is -2.49. The largest absolute Gasteiger partial charge is 0.327 e. The van der Waals surface area contributed by atoms with Crippen molar-refractivity contribution < 1.29 is 18.0 Å². The third-order valence-corrected chi connectivity index (χ3v) is 7.13. The molecular weight excluding hydrogens is 443 g/mol. The number of imidazole rings is 1. The fourth-order valence-electron chi connectivity index (χ4n) is 5.60. The maximum absolute atomic E-state index is 14.0. The number of pyridine rings is 1. The molecule has 0 unspecified atom stereocenters. The molecule has 1 aromatic carbocycles. The van der Waals surface area contributed by atoms with Gasteiger partial charge in [0.15, 0.2) is 17.5 Å². The van der Waals surface area contributed by atoms with Gasteiger partial charge in [0.25, 0.3) is 5.91 Å². The fraction of sp³-hybridized carbons (Fsp3) is 0.320. The third kappa shape index (κ3) is 2.99. The van der Waals surface area contributed by atoms with E-state index in [1.165, 1.54) is 0 Å². The number of fused-ring (bicyclic) bond motifs is 5.